The van der Waals surface area contributed by atoms with E-state index in [1.807, 2.05) is 24.3 Å². The van der Waals surface area contributed by atoms with Crippen molar-refractivity contribution in [1.82, 2.24) is 5.32 Å². The number of ether oxygens (including phenoxy) is 1. The number of hydrogen-bond acceptors (Lipinski definition) is 3. The lowest BCUT2D eigenvalue weighted by Crippen LogP contribution is -2.26. The van der Waals surface area contributed by atoms with Gasteiger partial charge < -0.3 is 15.8 Å². The summed E-state index contributed by atoms with van der Waals surface area (Å²) in [6.07, 6.45) is 2.10. The van der Waals surface area contributed by atoms with Gasteiger partial charge in [0, 0.05) is 31.9 Å². The molecule has 1 fully saturated rings. The molecule has 0 spiro atoms. The maximum atomic E-state index is 11.9. The first-order valence-electron chi connectivity index (χ1n) is 6.44. The number of nitrogens with two attached hydrogens (primary N) is 1. The van der Waals surface area contributed by atoms with Crippen molar-refractivity contribution >= 4 is 5.91 Å². The van der Waals surface area contributed by atoms with E-state index in [9.17, 15) is 4.79 Å². The highest BCUT2D eigenvalue weighted by atomic mass is 16.5. The molecule has 1 aliphatic heterocycles. The molecule has 0 saturated carbocycles. The minimum atomic E-state index is -0.0239. The van der Waals surface area contributed by atoms with Gasteiger partial charge in [-0.3, -0.25) is 4.79 Å². The molecule has 18 heavy (non-hydrogen) atoms. The maximum Gasteiger partial charge on any atom is 0.251 e. The Morgan fingerprint density at radius 3 is 3.11 bits per heavy atom. The summed E-state index contributed by atoms with van der Waals surface area (Å²) in [6, 6.07) is 7.44. The van der Waals surface area contributed by atoms with Crippen LogP contribution in [0.2, 0.25) is 0 Å². The zero-order valence-corrected chi connectivity index (χ0v) is 10.5. The van der Waals surface area contributed by atoms with Crippen molar-refractivity contribution in [3.63, 3.8) is 0 Å². The molecular weight excluding hydrogens is 228 g/mol. The van der Waals surface area contributed by atoms with Crippen LogP contribution in [0.5, 0.6) is 0 Å². The molecule has 1 aromatic carbocycles. The van der Waals surface area contributed by atoms with Crippen LogP contribution in [0.1, 0.15) is 28.8 Å². The number of carbonyl (C=O) groups excluding carboxylic acids is 1. The normalized spacial score (nSPS) is 18.8. The van der Waals surface area contributed by atoms with E-state index in [1.54, 1.807) is 0 Å². The highest BCUT2D eigenvalue weighted by Crippen LogP contribution is 2.15. The molecule has 0 aromatic heterocycles. The van der Waals surface area contributed by atoms with Gasteiger partial charge in [-0.05, 0) is 36.5 Å². The largest absolute Gasteiger partial charge is 0.381 e. The first-order chi connectivity index (χ1) is 8.79. The second-order valence-electron chi connectivity index (χ2n) is 4.68. The average Bonchev–Trinajstić information content (AvgIpc) is 2.92. The summed E-state index contributed by atoms with van der Waals surface area (Å²) in [6.45, 7) is 2.86. The highest BCUT2D eigenvalue weighted by Gasteiger charge is 2.15. The van der Waals surface area contributed by atoms with E-state index < -0.39 is 0 Å². The fourth-order valence-corrected chi connectivity index (χ4v) is 2.14. The first kappa shape index (κ1) is 13.1. The fourth-order valence-electron chi connectivity index (χ4n) is 2.14. The molecule has 4 nitrogen and oxygen atoms in total. The van der Waals surface area contributed by atoms with Crippen LogP contribution in [-0.4, -0.2) is 25.7 Å². The number of benzene rings is 1. The molecule has 1 atom stereocenters. The zero-order valence-electron chi connectivity index (χ0n) is 10.5. The second kappa shape index (κ2) is 6.52. The van der Waals surface area contributed by atoms with Crippen molar-refractivity contribution < 1.29 is 9.53 Å². The van der Waals surface area contributed by atoms with Crippen LogP contribution in [-0.2, 0) is 11.3 Å². The highest BCUT2D eigenvalue weighted by molar-refractivity contribution is 5.94. The van der Waals surface area contributed by atoms with E-state index in [0.29, 0.717) is 24.6 Å². The number of rotatable bonds is 5. The summed E-state index contributed by atoms with van der Waals surface area (Å²) in [5.74, 6) is 0.574. The maximum absolute atomic E-state index is 11.9. The van der Waals surface area contributed by atoms with E-state index in [0.717, 1.165) is 31.6 Å². The Kier molecular flexibility index (Phi) is 4.73. The second-order valence-corrected chi connectivity index (χ2v) is 4.68. The molecular formula is C14H20N2O2. The summed E-state index contributed by atoms with van der Waals surface area (Å²) >= 11 is 0. The van der Waals surface area contributed by atoms with Crippen molar-refractivity contribution in [2.24, 2.45) is 11.7 Å². The predicted molar refractivity (Wildman–Crippen MR) is 70.2 cm³/mol. The van der Waals surface area contributed by atoms with E-state index in [-0.39, 0.29) is 5.91 Å². The monoisotopic (exact) mass is 248 g/mol. The van der Waals surface area contributed by atoms with Crippen LogP contribution in [0.3, 0.4) is 0 Å². The first-order valence-corrected chi connectivity index (χ1v) is 6.44. The molecule has 3 N–H and O–H groups in total. The molecule has 1 aliphatic rings. The molecule has 1 aromatic rings. The van der Waals surface area contributed by atoms with Gasteiger partial charge in [0.15, 0.2) is 0 Å². The van der Waals surface area contributed by atoms with Gasteiger partial charge in [-0.15, -0.1) is 0 Å². The number of amides is 1. The van der Waals surface area contributed by atoms with Crippen LogP contribution in [0.25, 0.3) is 0 Å². The summed E-state index contributed by atoms with van der Waals surface area (Å²) in [7, 11) is 0. The van der Waals surface area contributed by atoms with E-state index >= 15 is 0 Å². The molecule has 0 radical (unpaired) electrons. The van der Waals surface area contributed by atoms with E-state index in [1.165, 1.54) is 0 Å². The lowest BCUT2D eigenvalue weighted by atomic mass is 10.1. The fraction of sp³-hybridized carbons (Fsp3) is 0.500. The molecule has 4 heteroatoms. The Balaban J connectivity index is 1.79. The Morgan fingerprint density at radius 1 is 1.50 bits per heavy atom. The minimum absolute atomic E-state index is 0.0239. The van der Waals surface area contributed by atoms with Gasteiger partial charge in [0.25, 0.3) is 5.91 Å². The number of hydrogen-bond donors (Lipinski definition) is 2. The lowest BCUT2D eigenvalue weighted by molar-refractivity contribution is 0.0950. The third-order valence-corrected chi connectivity index (χ3v) is 3.29. The third kappa shape index (κ3) is 3.55. The third-order valence-electron chi connectivity index (χ3n) is 3.29. The van der Waals surface area contributed by atoms with Crippen molar-refractivity contribution in [3.8, 4) is 0 Å². The van der Waals surface area contributed by atoms with Crippen LogP contribution in [0, 0.1) is 5.92 Å². The molecule has 1 amide bonds. The standard InChI is InChI=1S/C14H20N2O2/c15-9-12-2-1-3-13(8-12)14(17)16-6-4-11-5-7-18-10-11/h1-3,8,11H,4-7,9-10,15H2,(H,16,17). The van der Waals surface area contributed by atoms with Crippen LogP contribution in [0.4, 0.5) is 0 Å². The van der Waals surface area contributed by atoms with Crippen molar-refractivity contribution in [2.45, 2.75) is 19.4 Å². The summed E-state index contributed by atoms with van der Waals surface area (Å²) in [5, 5.41) is 2.94. The molecule has 0 aliphatic carbocycles. The van der Waals surface area contributed by atoms with Crippen LogP contribution < -0.4 is 11.1 Å². The smallest absolute Gasteiger partial charge is 0.251 e. The predicted octanol–water partition coefficient (Wildman–Crippen LogP) is 1.30. The van der Waals surface area contributed by atoms with Crippen molar-refractivity contribution in [2.75, 3.05) is 19.8 Å². The van der Waals surface area contributed by atoms with Gasteiger partial charge >= 0.3 is 0 Å². The van der Waals surface area contributed by atoms with E-state index in [4.69, 9.17) is 10.5 Å². The van der Waals surface area contributed by atoms with Crippen LogP contribution in [0.15, 0.2) is 24.3 Å². The number of nitrogens with one attached hydrogen (secondary N) is 1. The van der Waals surface area contributed by atoms with Gasteiger partial charge in [0.2, 0.25) is 0 Å². The number of carbonyl (C=O) groups is 1. The van der Waals surface area contributed by atoms with Crippen molar-refractivity contribution in [3.05, 3.63) is 35.4 Å². The van der Waals surface area contributed by atoms with Crippen LogP contribution >= 0.6 is 0 Å². The van der Waals surface area contributed by atoms with Crippen molar-refractivity contribution in [1.29, 1.82) is 0 Å². The van der Waals surface area contributed by atoms with Gasteiger partial charge in [-0.25, -0.2) is 0 Å². The topological polar surface area (TPSA) is 64.4 Å². The molecule has 0 bridgehead atoms. The SMILES string of the molecule is NCc1cccc(C(=O)NCCC2CCOC2)c1. The molecule has 98 valence electrons. The average molecular weight is 248 g/mol. The van der Waals surface area contributed by atoms with Gasteiger partial charge in [-0.1, -0.05) is 12.1 Å². The van der Waals surface area contributed by atoms with E-state index in [2.05, 4.69) is 5.32 Å². The lowest BCUT2D eigenvalue weighted by Gasteiger charge is -2.09. The van der Waals surface area contributed by atoms with Gasteiger partial charge in [0.05, 0.1) is 0 Å². The van der Waals surface area contributed by atoms with Gasteiger partial charge in [0.1, 0.15) is 0 Å². The molecule has 1 heterocycles. The quantitative estimate of drug-likeness (QED) is 0.825. The van der Waals surface area contributed by atoms with Gasteiger partial charge in [-0.2, -0.15) is 0 Å². The Labute approximate surface area is 108 Å². The summed E-state index contributed by atoms with van der Waals surface area (Å²) in [5.41, 5.74) is 7.22. The zero-order chi connectivity index (χ0) is 12.8. The Morgan fingerprint density at radius 2 is 2.39 bits per heavy atom. The minimum Gasteiger partial charge on any atom is -0.381 e. The summed E-state index contributed by atoms with van der Waals surface area (Å²) in [4.78, 5) is 11.9. The summed E-state index contributed by atoms with van der Waals surface area (Å²) < 4.78 is 5.30. The molecule has 1 unspecified atom stereocenters. The molecule has 2 rings (SSSR count). The Hall–Kier alpha value is -1.39. The Bertz CT molecular complexity index is 401. The molecule has 1 saturated heterocycles.